The number of hydrogen-bond donors (Lipinski definition) is 2. The minimum Gasteiger partial charge on any atom is -0.508 e. The van der Waals surface area contributed by atoms with E-state index in [4.69, 9.17) is 4.74 Å². The average molecular weight is 286 g/mol. The van der Waals surface area contributed by atoms with Crippen molar-refractivity contribution in [2.75, 3.05) is 38.2 Å². The first-order valence-corrected chi connectivity index (χ1v) is 7.05. The molecule has 0 saturated carbocycles. The molecule has 21 heavy (non-hydrogen) atoms. The molecule has 0 radical (unpaired) electrons. The van der Waals surface area contributed by atoms with Crippen molar-refractivity contribution in [3.63, 3.8) is 0 Å². The summed E-state index contributed by atoms with van der Waals surface area (Å²) < 4.78 is 5.24. The number of amides is 1. The zero-order chi connectivity index (χ0) is 14.7. The van der Waals surface area contributed by atoms with E-state index < -0.39 is 0 Å². The SMILES string of the molecule is O=C(CNc1cccc2ccc(O)cc12)N1CCOCC1. The van der Waals surface area contributed by atoms with Crippen molar-refractivity contribution in [1.82, 2.24) is 4.90 Å². The third kappa shape index (κ3) is 3.08. The first-order valence-electron chi connectivity index (χ1n) is 7.05. The number of ether oxygens (including phenoxy) is 1. The van der Waals surface area contributed by atoms with Gasteiger partial charge in [0.1, 0.15) is 5.75 Å². The topological polar surface area (TPSA) is 61.8 Å². The van der Waals surface area contributed by atoms with Crippen LogP contribution in [0.25, 0.3) is 10.8 Å². The second-order valence-corrected chi connectivity index (χ2v) is 5.06. The van der Waals surface area contributed by atoms with Gasteiger partial charge < -0.3 is 20.1 Å². The molecular weight excluding hydrogens is 268 g/mol. The van der Waals surface area contributed by atoms with Gasteiger partial charge in [-0.2, -0.15) is 0 Å². The van der Waals surface area contributed by atoms with Gasteiger partial charge in [-0.25, -0.2) is 0 Å². The lowest BCUT2D eigenvalue weighted by molar-refractivity contribution is -0.133. The number of benzene rings is 2. The molecule has 110 valence electrons. The number of phenols is 1. The van der Waals surface area contributed by atoms with Gasteiger partial charge in [0, 0.05) is 24.2 Å². The molecule has 0 bridgehead atoms. The molecule has 1 saturated heterocycles. The predicted octanol–water partition coefficient (Wildman–Crippen LogP) is 1.82. The van der Waals surface area contributed by atoms with Gasteiger partial charge in [0.25, 0.3) is 0 Å². The normalized spacial score (nSPS) is 15.1. The molecule has 1 aliphatic rings. The first kappa shape index (κ1) is 13.7. The van der Waals surface area contributed by atoms with Gasteiger partial charge in [0.05, 0.1) is 19.8 Å². The van der Waals surface area contributed by atoms with Crippen molar-refractivity contribution in [3.8, 4) is 5.75 Å². The maximum atomic E-state index is 12.1. The predicted molar refractivity (Wildman–Crippen MR) is 81.5 cm³/mol. The fourth-order valence-corrected chi connectivity index (χ4v) is 2.51. The number of nitrogens with one attached hydrogen (secondary N) is 1. The minimum absolute atomic E-state index is 0.0652. The van der Waals surface area contributed by atoms with Crippen molar-refractivity contribution >= 4 is 22.4 Å². The summed E-state index contributed by atoms with van der Waals surface area (Å²) >= 11 is 0. The van der Waals surface area contributed by atoms with Gasteiger partial charge >= 0.3 is 0 Å². The third-order valence-corrected chi connectivity index (χ3v) is 3.66. The Morgan fingerprint density at radius 3 is 2.86 bits per heavy atom. The zero-order valence-corrected chi connectivity index (χ0v) is 11.7. The van der Waals surface area contributed by atoms with Crippen LogP contribution < -0.4 is 5.32 Å². The Hall–Kier alpha value is -2.27. The van der Waals surface area contributed by atoms with Crippen LogP contribution in [0, 0.1) is 0 Å². The largest absolute Gasteiger partial charge is 0.508 e. The number of morpholine rings is 1. The smallest absolute Gasteiger partial charge is 0.242 e. The van der Waals surface area contributed by atoms with Gasteiger partial charge in [0.15, 0.2) is 0 Å². The highest BCUT2D eigenvalue weighted by molar-refractivity contribution is 5.96. The number of fused-ring (bicyclic) bond motifs is 1. The number of rotatable bonds is 3. The van der Waals surface area contributed by atoms with Crippen LogP contribution in [-0.4, -0.2) is 48.8 Å². The van der Waals surface area contributed by atoms with Gasteiger partial charge in [-0.05, 0) is 23.6 Å². The van der Waals surface area contributed by atoms with Crippen LogP contribution in [0.3, 0.4) is 0 Å². The molecule has 5 heteroatoms. The van der Waals surface area contributed by atoms with E-state index in [1.54, 1.807) is 17.0 Å². The van der Waals surface area contributed by atoms with Crippen LogP contribution in [0.1, 0.15) is 0 Å². The molecule has 1 amide bonds. The van der Waals surface area contributed by atoms with E-state index in [1.807, 2.05) is 24.3 Å². The highest BCUT2D eigenvalue weighted by Crippen LogP contribution is 2.26. The Morgan fingerprint density at radius 2 is 2.05 bits per heavy atom. The number of carbonyl (C=O) groups is 1. The summed E-state index contributed by atoms with van der Waals surface area (Å²) in [6.07, 6.45) is 0. The summed E-state index contributed by atoms with van der Waals surface area (Å²) in [5.74, 6) is 0.284. The molecule has 1 fully saturated rings. The second kappa shape index (κ2) is 6.01. The molecule has 0 atom stereocenters. The summed E-state index contributed by atoms with van der Waals surface area (Å²) in [6, 6.07) is 11.0. The Balaban J connectivity index is 1.72. The summed E-state index contributed by atoms with van der Waals surface area (Å²) in [5, 5.41) is 14.7. The standard InChI is InChI=1S/C16H18N2O3/c19-13-5-4-12-2-1-3-15(14(12)10-13)17-11-16(20)18-6-8-21-9-7-18/h1-5,10,17,19H,6-9,11H2. The summed E-state index contributed by atoms with van der Waals surface area (Å²) in [5.41, 5.74) is 0.852. The van der Waals surface area contributed by atoms with E-state index in [-0.39, 0.29) is 18.2 Å². The average Bonchev–Trinajstić information content (AvgIpc) is 2.53. The van der Waals surface area contributed by atoms with Crippen molar-refractivity contribution in [3.05, 3.63) is 36.4 Å². The number of anilines is 1. The van der Waals surface area contributed by atoms with Crippen LogP contribution in [0.5, 0.6) is 5.75 Å². The molecule has 0 aliphatic carbocycles. The maximum absolute atomic E-state index is 12.1. The molecule has 2 aromatic rings. The third-order valence-electron chi connectivity index (χ3n) is 3.66. The molecule has 2 N–H and O–H groups in total. The van der Waals surface area contributed by atoms with Gasteiger partial charge in [-0.15, -0.1) is 0 Å². The lowest BCUT2D eigenvalue weighted by Gasteiger charge is -2.27. The maximum Gasteiger partial charge on any atom is 0.242 e. The summed E-state index contributed by atoms with van der Waals surface area (Å²) in [6.45, 7) is 2.75. The molecule has 0 unspecified atom stereocenters. The fraction of sp³-hybridized carbons (Fsp3) is 0.312. The fourth-order valence-electron chi connectivity index (χ4n) is 2.51. The number of nitrogens with zero attached hydrogens (tertiary/aromatic N) is 1. The van der Waals surface area contributed by atoms with Crippen LogP contribution in [0.15, 0.2) is 36.4 Å². The quantitative estimate of drug-likeness (QED) is 0.903. The van der Waals surface area contributed by atoms with Gasteiger partial charge in [-0.1, -0.05) is 18.2 Å². The first-order chi connectivity index (χ1) is 10.2. The lowest BCUT2D eigenvalue weighted by atomic mass is 10.1. The van der Waals surface area contributed by atoms with Gasteiger partial charge in [0.2, 0.25) is 5.91 Å². The van der Waals surface area contributed by atoms with E-state index in [2.05, 4.69) is 5.32 Å². The molecular formula is C16H18N2O3. The molecule has 5 nitrogen and oxygen atoms in total. The number of aromatic hydroxyl groups is 1. The van der Waals surface area contributed by atoms with Crippen LogP contribution in [0.2, 0.25) is 0 Å². The van der Waals surface area contributed by atoms with E-state index in [0.717, 1.165) is 16.5 Å². The highest BCUT2D eigenvalue weighted by atomic mass is 16.5. The summed E-state index contributed by atoms with van der Waals surface area (Å²) in [7, 11) is 0. The van der Waals surface area contributed by atoms with E-state index in [9.17, 15) is 9.90 Å². The Morgan fingerprint density at radius 1 is 1.24 bits per heavy atom. The lowest BCUT2D eigenvalue weighted by Crippen LogP contribution is -2.43. The van der Waals surface area contributed by atoms with E-state index in [0.29, 0.717) is 26.3 Å². The monoisotopic (exact) mass is 286 g/mol. The van der Waals surface area contributed by atoms with E-state index >= 15 is 0 Å². The number of carbonyl (C=O) groups excluding carboxylic acids is 1. The van der Waals surface area contributed by atoms with Crippen molar-refractivity contribution in [2.45, 2.75) is 0 Å². The van der Waals surface area contributed by atoms with E-state index in [1.165, 1.54) is 0 Å². The Labute approximate surface area is 123 Å². The van der Waals surface area contributed by atoms with Crippen molar-refractivity contribution < 1.29 is 14.6 Å². The molecule has 2 aromatic carbocycles. The molecule has 0 aromatic heterocycles. The number of hydrogen-bond acceptors (Lipinski definition) is 4. The van der Waals surface area contributed by atoms with Crippen LogP contribution in [-0.2, 0) is 9.53 Å². The second-order valence-electron chi connectivity index (χ2n) is 5.06. The zero-order valence-electron chi connectivity index (χ0n) is 11.7. The van der Waals surface area contributed by atoms with Crippen molar-refractivity contribution in [1.29, 1.82) is 0 Å². The molecule has 3 rings (SSSR count). The molecule has 1 aliphatic heterocycles. The molecule has 0 spiro atoms. The summed E-state index contributed by atoms with van der Waals surface area (Å²) in [4.78, 5) is 13.9. The highest BCUT2D eigenvalue weighted by Gasteiger charge is 2.16. The van der Waals surface area contributed by atoms with Crippen LogP contribution >= 0.6 is 0 Å². The molecule has 1 heterocycles. The van der Waals surface area contributed by atoms with Crippen molar-refractivity contribution in [2.24, 2.45) is 0 Å². The minimum atomic E-state index is 0.0652. The Bertz CT molecular complexity index is 651. The van der Waals surface area contributed by atoms with Crippen LogP contribution in [0.4, 0.5) is 5.69 Å². The number of phenolic OH excluding ortho intramolecular Hbond substituents is 1. The van der Waals surface area contributed by atoms with Gasteiger partial charge in [-0.3, -0.25) is 4.79 Å². The Kier molecular flexibility index (Phi) is 3.92.